The summed E-state index contributed by atoms with van der Waals surface area (Å²) < 4.78 is 36.0. The SMILES string of the molecule is O=C(CSc1nnc(-c2ccco2)n1-c1ccccc1)Nc1ccc(OC(F)F)cc1. The van der Waals surface area contributed by atoms with Gasteiger partial charge in [-0.05, 0) is 48.5 Å². The van der Waals surface area contributed by atoms with Crippen LogP contribution in [0.4, 0.5) is 14.5 Å². The van der Waals surface area contributed by atoms with E-state index in [1.54, 1.807) is 18.4 Å². The van der Waals surface area contributed by atoms with E-state index in [0.29, 0.717) is 22.4 Å². The standard InChI is InChI=1S/C21H16F2N4O3S/c22-20(23)30-16-10-8-14(9-11-16)24-18(28)13-31-21-26-25-19(17-7-4-12-29-17)27(21)15-5-2-1-3-6-15/h1-12,20H,13H2,(H,24,28). The third-order valence-corrected chi connectivity index (χ3v) is 5.01. The van der Waals surface area contributed by atoms with E-state index in [4.69, 9.17) is 4.42 Å². The van der Waals surface area contributed by atoms with Gasteiger partial charge in [0.05, 0.1) is 12.0 Å². The summed E-state index contributed by atoms with van der Waals surface area (Å²) in [5.41, 5.74) is 1.30. The quantitative estimate of drug-likeness (QED) is 0.393. The number of anilines is 1. The normalized spacial score (nSPS) is 10.9. The topological polar surface area (TPSA) is 82.2 Å². The minimum atomic E-state index is -2.90. The number of carbonyl (C=O) groups is 1. The highest BCUT2D eigenvalue weighted by atomic mass is 32.2. The number of nitrogens with zero attached hydrogens (tertiary/aromatic N) is 3. The van der Waals surface area contributed by atoms with Crippen molar-refractivity contribution in [2.45, 2.75) is 11.8 Å². The van der Waals surface area contributed by atoms with Gasteiger partial charge in [-0.25, -0.2) is 0 Å². The zero-order valence-electron chi connectivity index (χ0n) is 15.9. The summed E-state index contributed by atoms with van der Waals surface area (Å²) >= 11 is 1.21. The molecule has 31 heavy (non-hydrogen) atoms. The van der Waals surface area contributed by atoms with Crippen molar-refractivity contribution in [3.63, 3.8) is 0 Å². The lowest BCUT2D eigenvalue weighted by Crippen LogP contribution is -2.14. The van der Waals surface area contributed by atoms with Gasteiger partial charge in [-0.2, -0.15) is 8.78 Å². The first-order chi connectivity index (χ1) is 15.1. The number of nitrogens with one attached hydrogen (secondary N) is 1. The maximum atomic E-state index is 12.4. The Morgan fingerprint density at radius 1 is 1.06 bits per heavy atom. The van der Waals surface area contributed by atoms with Gasteiger partial charge < -0.3 is 14.5 Å². The first-order valence-electron chi connectivity index (χ1n) is 9.12. The first kappa shape index (κ1) is 20.6. The molecule has 0 aliphatic heterocycles. The van der Waals surface area contributed by atoms with Crippen molar-refractivity contribution in [2.24, 2.45) is 0 Å². The number of furan rings is 1. The molecule has 0 atom stereocenters. The number of halogens is 2. The molecule has 1 amide bonds. The Balaban J connectivity index is 1.46. The molecule has 0 aliphatic rings. The van der Waals surface area contributed by atoms with Gasteiger partial charge in [0, 0.05) is 11.4 Å². The summed E-state index contributed by atoms with van der Waals surface area (Å²) in [6, 6.07) is 18.7. The summed E-state index contributed by atoms with van der Waals surface area (Å²) in [5, 5.41) is 11.7. The van der Waals surface area contributed by atoms with Crippen LogP contribution in [0.1, 0.15) is 0 Å². The second-order valence-electron chi connectivity index (χ2n) is 6.19. The van der Waals surface area contributed by atoms with Gasteiger partial charge in [0.1, 0.15) is 5.75 Å². The van der Waals surface area contributed by atoms with Gasteiger partial charge in [0.2, 0.25) is 11.7 Å². The second kappa shape index (κ2) is 9.43. The van der Waals surface area contributed by atoms with Crippen molar-refractivity contribution in [3.05, 3.63) is 73.0 Å². The second-order valence-corrected chi connectivity index (χ2v) is 7.14. The first-order valence-corrected chi connectivity index (χ1v) is 10.1. The van der Waals surface area contributed by atoms with Gasteiger partial charge in [-0.15, -0.1) is 10.2 Å². The highest BCUT2D eigenvalue weighted by molar-refractivity contribution is 7.99. The van der Waals surface area contributed by atoms with E-state index in [1.807, 2.05) is 34.9 Å². The number of rotatable bonds is 8. The molecule has 0 bridgehead atoms. The van der Waals surface area contributed by atoms with Crippen LogP contribution in [0, 0.1) is 0 Å². The molecule has 0 unspecified atom stereocenters. The van der Waals surface area contributed by atoms with Crippen molar-refractivity contribution in [2.75, 3.05) is 11.1 Å². The molecule has 0 radical (unpaired) electrons. The van der Waals surface area contributed by atoms with Crippen molar-refractivity contribution in [1.82, 2.24) is 14.8 Å². The smallest absolute Gasteiger partial charge is 0.387 e. The summed E-state index contributed by atoms with van der Waals surface area (Å²) in [7, 11) is 0. The molecule has 2 aromatic heterocycles. The summed E-state index contributed by atoms with van der Waals surface area (Å²) in [5.74, 6) is 0.879. The van der Waals surface area contributed by atoms with Crippen LogP contribution in [-0.4, -0.2) is 33.0 Å². The van der Waals surface area contributed by atoms with Crippen LogP contribution in [0.3, 0.4) is 0 Å². The Bertz CT molecular complexity index is 1130. The molecule has 158 valence electrons. The van der Waals surface area contributed by atoms with Gasteiger partial charge in [-0.3, -0.25) is 9.36 Å². The fourth-order valence-corrected chi connectivity index (χ4v) is 3.54. The van der Waals surface area contributed by atoms with Crippen molar-refractivity contribution < 1.29 is 22.7 Å². The number of para-hydroxylation sites is 1. The van der Waals surface area contributed by atoms with Crippen LogP contribution < -0.4 is 10.1 Å². The number of benzene rings is 2. The number of alkyl halides is 2. The lowest BCUT2D eigenvalue weighted by Gasteiger charge is -2.09. The molecule has 2 heterocycles. The predicted molar refractivity (Wildman–Crippen MR) is 111 cm³/mol. The maximum absolute atomic E-state index is 12.4. The Labute approximate surface area is 180 Å². The molecule has 0 aliphatic carbocycles. The Morgan fingerprint density at radius 3 is 2.52 bits per heavy atom. The molecule has 1 N–H and O–H groups in total. The molecule has 2 aromatic carbocycles. The van der Waals surface area contributed by atoms with Crippen LogP contribution in [0.2, 0.25) is 0 Å². The van der Waals surface area contributed by atoms with Crippen molar-refractivity contribution >= 4 is 23.4 Å². The van der Waals surface area contributed by atoms with E-state index in [-0.39, 0.29) is 17.4 Å². The number of hydrogen-bond acceptors (Lipinski definition) is 6. The lowest BCUT2D eigenvalue weighted by atomic mass is 10.3. The van der Waals surface area contributed by atoms with Gasteiger partial charge in [0.25, 0.3) is 0 Å². The fourth-order valence-electron chi connectivity index (χ4n) is 2.79. The average Bonchev–Trinajstić information content (AvgIpc) is 3.43. The van der Waals surface area contributed by atoms with Crippen LogP contribution >= 0.6 is 11.8 Å². The van der Waals surface area contributed by atoms with Crippen LogP contribution in [0.25, 0.3) is 17.3 Å². The van der Waals surface area contributed by atoms with Crippen molar-refractivity contribution in [3.8, 4) is 23.0 Å². The van der Waals surface area contributed by atoms with E-state index in [1.165, 1.54) is 36.0 Å². The van der Waals surface area contributed by atoms with Crippen LogP contribution in [0.5, 0.6) is 5.75 Å². The Kier molecular flexibility index (Phi) is 6.27. The van der Waals surface area contributed by atoms with E-state index in [0.717, 1.165) is 5.69 Å². The van der Waals surface area contributed by atoms with Crippen LogP contribution in [0.15, 0.2) is 82.6 Å². The molecule has 10 heteroatoms. The van der Waals surface area contributed by atoms with E-state index in [2.05, 4.69) is 20.3 Å². The molecule has 7 nitrogen and oxygen atoms in total. The fraction of sp³-hybridized carbons (Fsp3) is 0.0952. The number of hydrogen-bond donors (Lipinski definition) is 1. The predicted octanol–water partition coefficient (Wildman–Crippen LogP) is 4.86. The zero-order chi connectivity index (χ0) is 21.6. The van der Waals surface area contributed by atoms with E-state index >= 15 is 0 Å². The molecule has 0 fully saturated rings. The Morgan fingerprint density at radius 2 is 1.84 bits per heavy atom. The summed E-state index contributed by atoms with van der Waals surface area (Å²) in [6.07, 6.45) is 1.55. The highest BCUT2D eigenvalue weighted by Crippen LogP contribution is 2.28. The number of amides is 1. The third kappa shape index (κ3) is 5.10. The number of carbonyl (C=O) groups excluding carboxylic acids is 1. The number of ether oxygens (including phenoxy) is 1. The molecule has 0 saturated heterocycles. The summed E-state index contributed by atoms with van der Waals surface area (Å²) in [6.45, 7) is -2.90. The molecule has 0 spiro atoms. The molecular formula is C21H16F2N4O3S. The van der Waals surface area contributed by atoms with Crippen molar-refractivity contribution in [1.29, 1.82) is 0 Å². The number of aromatic nitrogens is 3. The minimum Gasteiger partial charge on any atom is -0.461 e. The highest BCUT2D eigenvalue weighted by Gasteiger charge is 2.19. The summed E-state index contributed by atoms with van der Waals surface area (Å²) in [4.78, 5) is 12.4. The van der Waals surface area contributed by atoms with E-state index < -0.39 is 6.61 Å². The average molecular weight is 442 g/mol. The zero-order valence-corrected chi connectivity index (χ0v) is 16.8. The van der Waals surface area contributed by atoms with E-state index in [9.17, 15) is 13.6 Å². The third-order valence-electron chi connectivity index (χ3n) is 4.08. The maximum Gasteiger partial charge on any atom is 0.387 e. The minimum absolute atomic E-state index is 0.0174. The largest absolute Gasteiger partial charge is 0.461 e. The molecule has 4 rings (SSSR count). The van der Waals surface area contributed by atoms with Gasteiger partial charge >= 0.3 is 6.61 Å². The van der Waals surface area contributed by atoms with Gasteiger partial charge in [-0.1, -0.05) is 30.0 Å². The molecule has 0 saturated carbocycles. The number of thioether (sulfide) groups is 1. The van der Waals surface area contributed by atoms with Gasteiger partial charge in [0.15, 0.2) is 10.9 Å². The molecular weight excluding hydrogens is 426 g/mol. The lowest BCUT2D eigenvalue weighted by molar-refractivity contribution is -0.113. The van der Waals surface area contributed by atoms with Crippen LogP contribution in [-0.2, 0) is 4.79 Å². The molecule has 4 aromatic rings. The Hall–Kier alpha value is -3.66. The monoisotopic (exact) mass is 442 g/mol.